The van der Waals surface area contributed by atoms with Crippen LogP contribution in [0.1, 0.15) is 25.5 Å². The van der Waals surface area contributed by atoms with Crippen molar-refractivity contribution in [3.63, 3.8) is 0 Å². The molecule has 0 aliphatic carbocycles. The number of hydrogen-bond donors (Lipinski definition) is 1. The Morgan fingerprint density at radius 3 is 2.80 bits per heavy atom. The Bertz CT molecular complexity index is 322. The summed E-state index contributed by atoms with van der Waals surface area (Å²) in [7, 11) is 0. The minimum atomic E-state index is -0.795. The molecule has 0 saturated carbocycles. The summed E-state index contributed by atoms with van der Waals surface area (Å²) in [4.78, 5) is 12.4. The molecule has 0 atom stereocenters. The van der Waals surface area contributed by atoms with E-state index in [0.29, 0.717) is 6.54 Å². The van der Waals surface area contributed by atoms with E-state index >= 15 is 0 Å². The monoisotopic (exact) mass is 212 g/mol. The lowest BCUT2D eigenvalue weighted by molar-refractivity contribution is -0.136. The average molecular weight is 212 g/mol. The summed E-state index contributed by atoms with van der Waals surface area (Å²) in [6, 6.07) is 1.82. The normalized spacial score (nSPS) is 10.3. The van der Waals surface area contributed by atoms with Crippen molar-refractivity contribution in [2.24, 2.45) is 0 Å². The molecule has 0 fully saturated rings. The zero-order valence-electron chi connectivity index (χ0n) is 9.06. The van der Waals surface area contributed by atoms with Gasteiger partial charge in [-0.25, -0.2) is 0 Å². The zero-order chi connectivity index (χ0) is 11.3. The van der Waals surface area contributed by atoms with Gasteiger partial charge in [-0.05, 0) is 13.3 Å². The van der Waals surface area contributed by atoms with Crippen molar-refractivity contribution in [2.75, 3.05) is 18.0 Å². The summed E-state index contributed by atoms with van der Waals surface area (Å²) < 4.78 is 4.96. The van der Waals surface area contributed by atoms with Crippen LogP contribution in [0.2, 0.25) is 0 Å². The van der Waals surface area contributed by atoms with E-state index in [1.165, 1.54) is 0 Å². The second kappa shape index (κ2) is 5.38. The standard InChI is InChI=1S/C10H16N2O3/c1-3-5-12(6-4-10(13)14)9-7-8(2)15-11-9/h7H,3-6H2,1-2H3,(H,13,14). The van der Waals surface area contributed by atoms with Gasteiger partial charge in [-0.3, -0.25) is 4.79 Å². The predicted molar refractivity (Wildman–Crippen MR) is 56.0 cm³/mol. The molecule has 1 N–H and O–H groups in total. The Morgan fingerprint density at radius 2 is 2.33 bits per heavy atom. The number of rotatable bonds is 6. The van der Waals surface area contributed by atoms with Crippen molar-refractivity contribution in [3.8, 4) is 0 Å². The maximum absolute atomic E-state index is 10.5. The van der Waals surface area contributed by atoms with E-state index in [1.807, 2.05) is 24.8 Å². The van der Waals surface area contributed by atoms with Gasteiger partial charge in [-0.1, -0.05) is 12.1 Å². The third-order valence-electron chi connectivity index (χ3n) is 2.03. The number of aryl methyl sites for hydroxylation is 1. The van der Waals surface area contributed by atoms with E-state index < -0.39 is 5.97 Å². The number of nitrogens with zero attached hydrogens (tertiary/aromatic N) is 2. The van der Waals surface area contributed by atoms with Crippen LogP contribution in [0.5, 0.6) is 0 Å². The van der Waals surface area contributed by atoms with Gasteiger partial charge in [0, 0.05) is 19.2 Å². The second-order valence-corrected chi connectivity index (χ2v) is 3.43. The predicted octanol–water partition coefficient (Wildman–Crippen LogP) is 1.67. The van der Waals surface area contributed by atoms with Gasteiger partial charge < -0.3 is 14.5 Å². The topological polar surface area (TPSA) is 66.6 Å². The molecule has 0 spiro atoms. The molecule has 1 aromatic rings. The van der Waals surface area contributed by atoms with E-state index in [-0.39, 0.29) is 6.42 Å². The van der Waals surface area contributed by atoms with E-state index in [4.69, 9.17) is 9.63 Å². The molecule has 5 nitrogen and oxygen atoms in total. The molecule has 1 aromatic heterocycles. The lowest BCUT2D eigenvalue weighted by Crippen LogP contribution is -2.27. The summed E-state index contributed by atoms with van der Waals surface area (Å²) in [5.41, 5.74) is 0. The quantitative estimate of drug-likeness (QED) is 0.777. The molecule has 1 heterocycles. The first-order chi connectivity index (χ1) is 7.13. The maximum atomic E-state index is 10.5. The molecule has 0 aliphatic rings. The van der Waals surface area contributed by atoms with Crippen molar-refractivity contribution in [1.29, 1.82) is 0 Å². The fourth-order valence-corrected chi connectivity index (χ4v) is 1.34. The highest BCUT2D eigenvalue weighted by Crippen LogP contribution is 2.14. The Hall–Kier alpha value is -1.52. The van der Waals surface area contributed by atoms with Gasteiger partial charge in [-0.15, -0.1) is 0 Å². The molecule has 0 radical (unpaired) electrons. The highest BCUT2D eigenvalue weighted by Gasteiger charge is 2.11. The summed E-state index contributed by atoms with van der Waals surface area (Å²) in [6.07, 6.45) is 1.07. The van der Waals surface area contributed by atoms with Crippen molar-refractivity contribution < 1.29 is 14.4 Å². The Labute approximate surface area is 88.7 Å². The van der Waals surface area contributed by atoms with Crippen molar-refractivity contribution >= 4 is 11.8 Å². The van der Waals surface area contributed by atoms with Crippen LogP contribution in [-0.4, -0.2) is 29.3 Å². The maximum Gasteiger partial charge on any atom is 0.305 e. The molecule has 5 heteroatoms. The largest absolute Gasteiger partial charge is 0.481 e. The number of carbonyl (C=O) groups is 1. The first-order valence-electron chi connectivity index (χ1n) is 5.03. The number of aromatic nitrogens is 1. The lowest BCUT2D eigenvalue weighted by Gasteiger charge is -2.19. The van der Waals surface area contributed by atoms with Gasteiger partial charge >= 0.3 is 5.97 Å². The van der Waals surface area contributed by atoms with Crippen molar-refractivity contribution in [1.82, 2.24) is 5.16 Å². The molecular formula is C10H16N2O3. The summed E-state index contributed by atoms with van der Waals surface area (Å²) in [6.45, 7) is 5.12. The van der Waals surface area contributed by atoms with Crippen LogP contribution in [0.15, 0.2) is 10.6 Å². The van der Waals surface area contributed by atoms with Crippen LogP contribution in [-0.2, 0) is 4.79 Å². The molecule has 1 rings (SSSR count). The van der Waals surface area contributed by atoms with E-state index in [1.54, 1.807) is 0 Å². The Morgan fingerprint density at radius 1 is 1.60 bits per heavy atom. The van der Waals surface area contributed by atoms with E-state index in [2.05, 4.69) is 5.16 Å². The molecule has 0 unspecified atom stereocenters. The number of anilines is 1. The summed E-state index contributed by atoms with van der Waals surface area (Å²) >= 11 is 0. The zero-order valence-corrected chi connectivity index (χ0v) is 9.06. The van der Waals surface area contributed by atoms with Gasteiger partial charge in [-0.2, -0.15) is 0 Å². The average Bonchev–Trinajstić information content (AvgIpc) is 2.59. The second-order valence-electron chi connectivity index (χ2n) is 3.43. The molecule has 0 saturated heterocycles. The highest BCUT2D eigenvalue weighted by molar-refractivity contribution is 5.67. The lowest BCUT2D eigenvalue weighted by atomic mass is 10.3. The molecule has 0 bridgehead atoms. The third-order valence-corrected chi connectivity index (χ3v) is 2.03. The van der Waals surface area contributed by atoms with Crippen LogP contribution in [0, 0.1) is 6.92 Å². The number of carboxylic acids is 1. The molecule has 0 aromatic carbocycles. The van der Waals surface area contributed by atoms with E-state index in [0.717, 1.165) is 24.5 Å². The van der Waals surface area contributed by atoms with Crippen molar-refractivity contribution in [2.45, 2.75) is 26.7 Å². The first-order valence-corrected chi connectivity index (χ1v) is 5.03. The van der Waals surface area contributed by atoms with E-state index in [9.17, 15) is 4.79 Å². The summed E-state index contributed by atoms with van der Waals surface area (Å²) in [5, 5.41) is 12.5. The molecule has 0 amide bonds. The van der Waals surface area contributed by atoms with Crippen LogP contribution < -0.4 is 4.90 Å². The van der Waals surface area contributed by atoms with Gasteiger partial charge in [0.1, 0.15) is 5.76 Å². The van der Waals surface area contributed by atoms with Crippen LogP contribution >= 0.6 is 0 Å². The SMILES string of the molecule is CCCN(CCC(=O)O)c1cc(C)on1. The van der Waals surface area contributed by atoms with Crippen LogP contribution in [0.25, 0.3) is 0 Å². The molecular weight excluding hydrogens is 196 g/mol. The minimum absolute atomic E-state index is 0.117. The third kappa shape index (κ3) is 3.61. The molecule has 84 valence electrons. The minimum Gasteiger partial charge on any atom is -0.481 e. The smallest absolute Gasteiger partial charge is 0.305 e. The van der Waals surface area contributed by atoms with Gasteiger partial charge in [0.15, 0.2) is 5.82 Å². The first kappa shape index (κ1) is 11.6. The van der Waals surface area contributed by atoms with Crippen LogP contribution in [0.4, 0.5) is 5.82 Å². The van der Waals surface area contributed by atoms with Gasteiger partial charge in [0.05, 0.1) is 6.42 Å². The number of carboxylic acid groups (broad SMARTS) is 1. The fourth-order valence-electron chi connectivity index (χ4n) is 1.34. The Kier molecular flexibility index (Phi) is 4.15. The fraction of sp³-hybridized carbons (Fsp3) is 0.600. The van der Waals surface area contributed by atoms with Gasteiger partial charge in [0.25, 0.3) is 0 Å². The number of aliphatic carboxylic acids is 1. The highest BCUT2D eigenvalue weighted by atomic mass is 16.5. The molecule has 15 heavy (non-hydrogen) atoms. The van der Waals surface area contributed by atoms with Crippen molar-refractivity contribution in [3.05, 3.63) is 11.8 Å². The number of hydrogen-bond acceptors (Lipinski definition) is 4. The summed E-state index contributed by atoms with van der Waals surface area (Å²) in [5.74, 6) is 0.661. The van der Waals surface area contributed by atoms with Crippen LogP contribution in [0.3, 0.4) is 0 Å². The Balaban J connectivity index is 2.60. The molecule has 0 aliphatic heterocycles. The van der Waals surface area contributed by atoms with Gasteiger partial charge in [0.2, 0.25) is 0 Å².